The van der Waals surface area contributed by atoms with Gasteiger partial charge in [-0.2, -0.15) is 5.10 Å². The molecule has 0 atom stereocenters. The van der Waals surface area contributed by atoms with Crippen LogP contribution in [0.25, 0.3) is 0 Å². The fourth-order valence-corrected chi connectivity index (χ4v) is 3.42. The second kappa shape index (κ2) is 8.23. The van der Waals surface area contributed by atoms with Gasteiger partial charge >= 0.3 is 0 Å². The van der Waals surface area contributed by atoms with Crippen molar-refractivity contribution < 1.29 is 13.2 Å². The molecular formula is C19H20N6O3S. The van der Waals surface area contributed by atoms with E-state index in [1.807, 2.05) is 6.92 Å². The Labute approximate surface area is 168 Å². The highest BCUT2D eigenvalue weighted by Gasteiger charge is 2.17. The van der Waals surface area contributed by atoms with Gasteiger partial charge in [0, 0.05) is 25.6 Å². The standard InChI is InChI=1S/C19H20N6O3S/c1-12-8-9-17(25-24-12)23-18-10-15(13(11-21-18)19(26)20-2)22-14-6-4-5-7-16(14)29(3,27)28/h4-11H,1-3H3,(H,20,26)(H2,21,22,23,25). The molecule has 2 aromatic heterocycles. The normalized spacial score (nSPS) is 11.0. The van der Waals surface area contributed by atoms with Crippen molar-refractivity contribution in [1.82, 2.24) is 20.5 Å². The molecule has 0 saturated carbocycles. The number of nitrogens with one attached hydrogen (secondary N) is 3. The first-order valence-electron chi connectivity index (χ1n) is 8.63. The Bertz CT molecular complexity index is 1150. The molecule has 0 aliphatic carbocycles. The van der Waals surface area contributed by atoms with Crippen molar-refractivity contribution in [1.29, 1.82) is 0 Å². The lowest BCUT2D eigenvalue weighted by atomic mass is 10.2. The Morgan fingerprint density at radius 2 is 1.72 bits per heavy atom. The fraction of sp³-hybridized carbons (Fsp3) is 0.158. The molecule has 10 heteroatoms. The zero-order chi connectivity index (χ0) is 21.0. The average molecular weight is 412 g/mol. The lowest BCUT2D eigenvalue weighted by molar-refractivity contribution is 0.0963. The average Bonchev–Trinajstić information content (AvgIpc) is 2.69. The molecule has 0 bridgehead atoms. The minimum atomic E-state index is -3.47. The fourth-order valence-electron chi connectivity index (χ4n) is 2.58. The molecule has 0 radical (unpaired) electrons. The number of carbonyl (C=O) groups is 1. The van der Waals surface area contributed by atoms with E-state index in [-0.39, 0.29) is 16.4 Å². The van der Waals surface area contributed by atoms with Crippen molar-refractivity contribution in [2.45, 2.75) is 11.8 Å². The van der Waals surface area contributed by atoms with Gasteiger partial charge in [-0.3, -0.25) is 4.79 Å². The number of sulfone groups is 1. The molecule has 0 unspecified atom stereocenters. The van der Waals surface area contributed by atoms with E-state index in [1.165, 1.54) is 19.3 Å². The summed E-state index contributed by atoms with van der Waals surface area (Å²) in [6.45, 7) is 1.83. The third-order valence-corrected chi connectivity index (χ3v) is 5.14. The van der Waals surface area contributed by atoms with E-state index in [9.17, 15) is 13.2 Å². The zero-order valence-corrected chi connectivity index (χ0v) is 16.9. The maximum atomic E-state index is 12.3. The number of para-hydroxylation sites is 1. The highest BCUT2D eigenvalue weighted by molar-refractivity contribution is 7.90. The van der Waals surface area contributed by atoms with Crippen LogP contribution in [0.3, 0.4) is 0 Å². The second-order valence-corrected chi connectivity index (χ2v) is 8.26. The molecule has 150 valence electrons. The zero-order valence-electron chi connectivity index (χ0n) is 16.1. The Balaban J connectivity index is 2.01. The number of carbonyl (C=O) groups excluding carboxylic acids is 1. The number of aromatic nitrogens is 3. The minimum Gasteiger partial charge on any atom is -0.355 e. The van der Waals surface area contributed by atoms with Crippen LogP contribution in [-0.4, -0.2) is 42.8 Å². The largest absolute Gasteiger partial charge is 0.355 e. The number of anilines is 4. The molecule has 2 heterocycles. The first kappa shape index (κ1) is 20.2. The van der Waals surface area contributed by atoms with Crippen LogP contribution in [-0.2, 0) is 9.84 Å². The number of rotatable bonds is 6. The summed E-state index contributed by atoms with van der Waals surface area (Å²) in [6.07, 6.45) is 2.52. The smallest absolute Gasteiger partial charge is 0.254 e. The monoisotopic (exact) mass is 412 g/mol. The number of benzene rings is 1. The van der Waals surface area contributed by atoms with Gasteiger partial charge in [0.1, 0.15) is 5.82 Å². The molecule has 0 fully saturated rings. The predicted molar refractivity (Wildman–Crippen MR) is 111 cm³/mol. The van der Waals surface area contributed by atoms with Crippen molar-refractivity contribution in [2.24, 2.45) is 0 Å². The lowest BCUT2D eigenvalue weighted by Crippen LogP contribution is -2.20. The Kier molecular flexibility index (Phi) is 5.74. The van der Waals surface area contributed by atoms with Crippen molar-refractivity contribution in [3.05, 3.63) is 59.9 Å². The molecular weight excluding hydrogens is 392 g/mol. The van der Waals surface area contributed by atoms with Crippen LogP contribution in [0.1, 0.15) is 16.1 Å². The van der Waals surface area contributed by atoms with E-state index in [2.05, 4.69) is 31.1 Å². The van der Waals surface area contributed by atoms with Gasteiger partial charge in [0.25, 0.3) is 5.91 Å². The highest BCUT2D eigenvalue weighted by Crippen LogP contribution is 2.28. The van der Waals surface area contributed by atoms with Crippen LogP contribution in [0, 0.1) is 6.92 Å². The quantitative estimate of drug-likeness (QED) is 0.564. The van der Waals surface area contributed by atoms with E-state index in [1.54, 1.807) is 36.4 Å². The molecule has 9 nitrogen and oxygen atoms in total. The van der Waals surface area contributed by atoms with Crippen molar-refractivity contribution >= 4 is 38.8 Å². The van der Waals surface area contributed by atoms with Crippen molar-refractivity contribution in [3.8, 4) is 0 Å². The Hall–Kier alpha value is -3.53. The van der Waals surface area contributed by atoms with Crippen LogP contribution in [0.15, 0.2) is 53.6 Å². The topological polar surface area (TPSA) is 126 Å². The molecule has 3 aromatic rings. The minimum absolute atomic E-state index is 0.124. The second-order valence-electron chi connectivity index (χ2n) is 6.27. The number of aryl methyl sites for hydroxylation is 1. The molecule has 1 aromatic carbocycles. The van der Waals surface area contributed by atoms with E-state index < -0.39 is 9.84 Å². The number of hydrogen-bond donors (Lipinski definition) is 3. The van der Waals surface area contributed by atoms with E-state index >= 15 is 0 Å². The first-order chi connectivity index (χ1) is 13.8. The van der Waals surface area contributed by atoms with Gasteiger partial charge in [-0.1, -0.05) is 12.1 Å². The van der Waals surface area contributed by atoms with Crippen molar-refractivity contribution in [3.63, 3.8) is 0 Å². The first-order valence-corrected chi connectivity index (χ1v) is 10.5. The molecule has 0 aliphatic rings. The number of amides is 1. The summed E-state index contributed by atoms with van der Waals surface area (Å²) in [5.74, 6) is 0.534. The number of hydrogen-bond acceptors (Lipinski definition) is 8. The summed E-state index contributed by atoms with van der Waals surface area (Å²) in [6, 6.07) is 11.6. The Morgan fingerprint density at radius 3 is 2.38 bits per heavy atom. The Morgan fingerprint density at radius 1 is 0.966 bits per heavy atom. The maximum Gasteiger partial charge on any atom is 0.254 e. The molecule has 3 rings (SSSR count). The van der Waals surface area contributed by atoms with Gasteiger partial charge in [-0.15, -0.1) is 5.10 Å². The summed E-state index contributed by atoms with van der Waals surface area (Å²) in [7, 11) is -1.96. The molecule has 0 aliphatic heterocycles. The van der Waals surface area contributed by atoms with E-state index in [0.717, 1.165) is 11.9 Å². The van der Waals surface area contributed by atoms with Crippen LogP contribution in [0.5, 0.6) is 0 Å². The summed E-state index contributed by atoms with van der Waals surface area (Å²) < 4.78 is 24.2. The molecule has 3 N–H and O–H groups in total. The molecule has 0 spiro atoms. The van der Waals surface area contributed by atoms with Gasteiger partial charge in [0.2, 0.25) is 0 Å². The van der Waals surface area contributed by atoms with Crippen molar-refractivity contribution in [2.75, 3.05) is 23.9 Å². The number of pyridine rings is 1. The van der Waals surface area contributed by atoms with Crippen LogP contribution >= 0.6 is 0 Å². The lowest BCUT2D eigenvalue weighted by Gasteiger charge is -2.15. The van der Waals surface area contributed by atoms with E-state index in [0.29, 0.717) is 23.0 Å². The highest BCUT2D eigenvalue weighted by atomic mass is 32.2. The van der Waals surface area contributed by atoms with Crippen LogP contribution in [0.4, 0.5) is 23.0 Å². The molecule has 1 amide bonds. The summed E-state index contributed by atoms with van der Waals surface area (Å²) >= 11 is 0. The van der Waals surface area contributed by atoms with Gasteiger partial charge in [0.15, 0.2) is 15.7 Å². The van der Waals surface area contributed by atoms with Gasteiger partial charge in [-0.25, -0.2) is 13.4 Å². The maximum absolute atomic E-state index is 12.3. The third kappa shape index (κ3) is 4.85. The third-order valence-electron chi connectivity index (χ3n) is 3.99. The molecule has 29 heavy (non-hydrogen) atoms. The summed E-state index contributed by atoms with van der Waals surface area (Å²) in [4.78, 5) is 16.6. The summed E-state index contributed by atoms with van der Waals surface area (Å²) in [5, 5.41) is 16.6. The number of nitrogens with zero attached hydrogens (tertiary/aromatic N) is 3. The molecule has 0 saturated heterocycles. The summed E-state index contributed by atoms with van der Waals surface area (Å²) in [5.41, 5.74) is 1.78. The van der Waals surface area contributed by atoms with Gasteiger partial charge in [0.05, 0.1) is 27.5 Å². The predicted octanol–water partition coefficient (Wildman–Crippen LogP) is 2.43. The van der Waals surface area contributed by atoms with Crippen LogP contribution < -0.4 is 16.0 Å². The van der Waals surface area contributed by atoms with E-state index in [4.69, 9.17) is 0 Å². The SMILES string of the molecule is CNC(=O)c1cnc(Nc2ccc(C)nn2)cc1Nc1ccccc1S(C)(=O)=O. The van der Waals surface area contributed by atoms with Gasteiger partial charge in [-0.05, 0) is 31.2 Å². The van der Waals surface area contributed by atoms with Gasteiger partial charge < -0.3 is 16.0 Å². The van der Waals surface area contributed by atoms with Crippen LogP contribution in [0.2, 0.25) is 0 Å².